The molecule has 0 radical (unpaired) electrons. The van der Waals surface area contributed by atoms with Crippen LogP contribution >= 0.6 is 0 Å². The Morgan fingerprint density at radius 2 is 1.25 bits per heavy atom. The normalized spacial score (nSPS) is 22.2. The quantitative estimate of drug-likeness (QED) is 0.748. The van der Waals surface area contributed by atoms with Gasteiger partial charge in [-0.2, -0.15) is 5.26 Å². The lowest BCUT2D eigenvalue weighted by atomic mass is 9.88. The van der Waals surface area contributed by atoms with E-state index in [1.54, 1.807) is 0 Å². The number of hydrogen-bond acceptors (Lipinski definition) is 2. The highest BCUT2D eigenvalue weighted by Crippen LogP contribution is 2.40. The fourth-order valence-corrected chi connectivity index (χ4v) is 3.14. The van der Waals surface area contributed by atoms with Crippen LogP contribution in [0.15, 0.2) is 60.7 Å². The summed E-state index contributed by atoms with van der Waals surface area (Å²) in [6, 6.07) is 21.2. The van der Waals surface area contributed by atoms with E-state index in [1.807, 2.05) is 17.0 Å². The zero-order chi connectivity index (χ0) is 13.8. The first-order valence-corrected chi connectivity index (χ1v) is 7.18. The first-order valence-electron chi connectivity index (χ1n) is 7.18. The molecule has 1 fully saturated rings. The molecule has 1 aliphatic heterocycles. The summed E-state index contributed by atoms with van der Waals surface area (Å²) >= 11 is 0. The molecule has 1 saturated heterocycles. The zero-order valence-electron chi connectivity index (χ0n) is 11.4. The van der Waals surface area contributed by atoms with Crippen LogP contribution in [0, 0.1) is 11.5 Å². The second-order valence-electron chi connectivity index (χ2n) is 5.29. The highest BCUT2D eigenvalue weighted by molar-refractivity contribution is 5.25. The van der Waals surface area contributed by atoms with Gasteiger partial charge in [0.1, 0.15) is 0 Å². The Kier molecular flexibility index (Phi) is 3.69. The van der Waals surface area contributed by atoms with Gasteiger partial charge in [0.2, 0.25) is 0 Å². The molecule has 0 bridgehead atoms. The minimum Gasteiger partial charge on any atom is -0.296 e. The molecule has 3 rings (SSSR count). The van der Waals surface area contributed by atoms with E-state index in [0.29, 0.717) is 0 Å². The first-order chi connectivity index (χ1) is 9.90. The highest BCUT2D eigenvalue weighted by Gasteiger charge is 2.31. The van der Waals surface area contributed by atoms with Gasteiger partial charge in [0.15, 0.2) is 6.19 Å². The standard InChI is InChI=1S/C18H18N2/c19-14-20-17(15-8-3-1-4-9-15)12-7-13-18(20)16-10-5-2-6-11-16/h1-6,8-11,17-18H,7,12-13H2. The maximum atomic E-state index is 9.63. The van der Waals surface area contributed by atoms with Gasteiger partial charge in [0, 0.05) is 0 Å². The van der Waals surface area contributed by atoms with E-state index in [2.05, 4.69) is 54.7 Å². The second kappa shape index (κ2) is 5.79. The van der Waals surface area contributed by atoms with Gasteiger partial charge in [-0.05, 0) is 30.4 Å². The molecule has 0 aliphatic carbocycles. The van der Waals surface area contributed by atoms with E-state index < -0.39 is 0 Å². The van der Waals surface area contributed by atoms with Crippen LogP contribution in [0.3, 0.4) is 0 Å². The Balaban J connectivity index is 1.92. The molecule has 2 nitrogen and oxygen atoms in total. The third kappa shape index (κ3) is 2.40. The average Bonchev–Trinajstić information content (AvgIpc) is 2.55. The predicted molar refractivity (Wildman–Crippen MR) is 79.7 cm³/mol. The second-order valence-corrected chi connectivity index (χ2v) is 5.29. The molecule has 2 heteroatoms. The number of rotatable bonds is 2. The van der Waals surface area contributed by atoms with Gasteiger partial charge in [-0.3, -0.25) is 4.90 Å². The molecule has 0 aromatic heterocycles. The average molecular weight is 262 g/mol. The molecule has 0 saturated carbocycles. The van der Waals surface area contributed by atoms with Crippen molar-refractivity contribution in [1.29, 1.82) is 5.26 Å². The van der Waals surface area contributed by atoms with Crippen LogP contribution < -0.4 is 0 Å². The van der Waals surface area contributed by atoms with Crippen LogP contribution in [-0.4, -0.2) is 4.90 Å². The van der Waals surface area contributed by atoms with E-state index in [9.17, 15) is 5.26 Å². The molecule has 0 spiro atoms. The topological polar surface area (TPSA) is 27.0 Å². The summed E-state index contributed by atoms with van der Waals surface area (Å²) < 4.78 is 0. The molecular formula is C18H18N2. The number of nitrogens with zero attached hydrogens (tertiary/aromatic N) is 2. The maximum Gasteiger partial charge on any atom is 0.180 e. The third-order valence-corrected chi connectivity index (χ3v) is 4.11. The van der Waals surface area contributed by atoms with Gasteiger partial charge < -0.3 is 0 Å². The summed E-state index contributed by atoms with van der Waals surface area (Å²) in [6.45, 7) is 0. The van der Waals surface area contributed by atoms with Crippen molar-refractivity contribution in [2.24, 2.45) is 0 Å². The van der Waals surface area contributed by atoms with E-state index in [-0.39, 0.29) is 12.1 Å². The minimum absolute atomic E-state index is 0.208. The zero-order valence-corrected chi connectivity index (χ0v) is 11.4. The van der Waals surface area contributed by atoms with E-state index >= 15 is 0 Å². The lowest BCUT2D eigenvalue weighted by molar-refractivity contribution is 0.151. The fraction of sp³-hybridized carbons (Fsp3) is 0.278. The third-order valence-electron chi connectivity index (χ3n) is 4.11. The highest BCUT2D eigenvalue weighted by atomic mass is 15.2. The number of benzene rings is 2. The van der Waals surface area contributed by atoms with Gasteiger partial charge in [-0.25, -0.2) is 0 Å². The minimum atomic E-state index is 0.208. The van der Waals surface area contributed by atoms with Crippen LogP contribution in [0.5, 0.6) is 0 Å². The SMILES string of the molecule is N#CN1C(c2ccccc2)CCCC1c1ccccc1. The number of nitriles is 1. The largest absolute Gasteiger partial charge is 0.296 e. The Morgan fingerprint density at radius 3 is 1.65 bits per heavy atom. The lowest BCUT2D eigenvalue weighted by Gasteiger charge is -2.39. The van der Waals surface area contributed by atoms with Gasteiger partial charge >= 0.3 is 0 Å². The Labute approximate surface area is 120 Å². The summed E-state index contributed by atoms with van der Waals surface area (Å²) in [7, 11) is 0. The van der Waals surface area contributed by atoms with Crippen molar-refractivity contribution in [3.05, 3.63) is 71.8 Å². The molecule has 2 aromatic carbocycles. The monoisotopic (exact) mass is 262 g/mol. The summed E-state index contributed by atoms with van der Waals surface area (Å²) in [4.78, 5) is 1.98. The van der Waals surface area contributed by atoms with E-state index in [4.69, 9.17) is 0 Å². The van der Waals surface area contributed by atoms with Crippen molar-refractivity contribution in [3.63, 3.8) is 0 Å². The first kappa shape index (κ1) is 12.7. The summed E-state index contributed by atoms with van der Waals surface area (Å²) in [5.41, 5.74) is 2.49. The Hall–Kier alpha value is -2.27. The summed E-state index contributed by atoms with van der Waals surface area (Å²) in [5.74, 6) is 0. The van der Waals surface area contributed by atoms with Crippen LogP contribution in [0.1, 0.15) is 42.5 Å². The maximum absolute atomic E-state index is 9.63. The molecule has 1 heterocycles. The Bertz CT molecular complexity index is 538. The van der Waals surface area contributed by atoms with Crippen molar-refractivity contribution < 1.29 is 0 Å². The van der Waals surface area contributed by atoms with Crippen molar-refractivity contribution in [2.75, 3.05) is 0 Å². The number of piperidine rings is 1. The lowest BCUT2D eigenvalue weighted by Crippen LogP contribution is -2.32. The molecule has 2 atom stereocenters. The molecule has 2 aromatic rings. The Morgan fingerprint density at radius 1 is 0.800 bits per heavy atom. The van der Waals surface area contributed by atoms with Crippen LogP contribution in [0.25, 0.3) is 0 Å². The summed E-state index contributed by atoms with van der Waals surface area (Å²) in [5, 5.41) is 9.63. The van der Waals surface area contributed by atoms with Gasteiger partial charge in [0.05, 0.1) is 12.1 Å². The van der Waals surface area contributed by atoms with Gasteiger partial charge in [-0.1, -0.05) is 60.7 Å². The van der Waals surface area contributed by atoms with Gasteiger partial charge in [-0.15, -0.1) is 0 Å². The van der Waals surface area contributed by atoms with Crippen molar-refractivity contribution >= 4 is 0 Å². The van der Waals surface area contributed by atoms with Crippen LogP contribution in [0.4, 0.5) is 0 Å². The van der Waals surface area contributed by atoms with E-state index in [0.717, 1.165) is 19.3 Å². The predicted octanol–water partition coefficient (Wildman–Crippen LogP) is 4.44. The van der Waals surface area contributed by atoms with Crippen LogP contribution in [0.2, 0.25) is 0 Å². The van der Waals surface area contributed by atoms with Crippen molar-refractivity contribution in [1.82, 2.24) is 4.90 Å². The fourth-order valence-electron chi connectivity index (χ4n) is 3.14. The number of likely N-dealkylation sites (tertiary alicyclic amines) is 1. The molecule has 1 aliphatic rings. The smallest absolute Gasteiger partial charge is 0.180 e. The molecule has 2 unspecified atom stereocenters. The molecular weight excluding hydrogens is 244 g/mol. The van der Waals surface area contributed by atoms with Crippen molar-refractivity contribution in [3.8, 4) is 6.19 Å². The van der Waals surface area contributed by atoms with E-state index in [1.165, 1.54) is 11.1 Å². The molecule has 0 amide bonds. The summed E-state index contributed by atoms with van der Waals surface area (Å²) in [6.07, 6.45) is 5.71. The van der Waals surface area contributed by atoms with Crippen LogP contribution in [-0.2, 0) is 0 Å². The molecule has 20 heavy (non-hydrogen) atoms. The van der Waals surface area contributed by atoms with Gasteiger partial charge in [0.25, 0.3) is 0 Å². The molecule has 100 valence electrons. The molecule has 0 N–H and O–H groups in total. The van der Waals surface area contributed by atoms with Crippen molar-refractivity contribution in [2.45, 2.75) is 31.3 Å². The number of hydrogen-bond donors (Lipinski definition) is 0.